The van der Waals surface area contributed by atoms with Crippen molar-refractivity contribution in [3.05, 3.63) is 41.2 Å². The standard InChI is InChI=1S/C16H18O4/c17-15-5-10-3-1-2-4-13(10)14(6-11-8-19-11)16(15,18)7-12-9-20-12/h1-5,11-12,14,17-18H,6-9H2. The maximum atomic E-state index is 11.1. The highest BCUT2D eigenvalue weighted by Gasteiger charge is 2.50. The summed E-state index contributed by atoms with van der Waals surface area (Å²) in [5.41, 5.74) is 0.836. The molecule has 2 aliphatic heterocycles. The number of aliphatic hydroxyl groups is 2. The SMILES string of the molecule is OC1=Cc2ccccc2C(CC2CO2)C1(O)CC1CO1. The van der Waals surface area contributed by atoms with Crippen molar-refractivity contribution >= 4 is 6.08 Å². The number of hydrogen-bond donors (Lipinski definition) is 2. The van der Waals surface area contributed by atoms with Gasteiger partial charge < -0.3 is 19.7 Å². The van der Waals surface area contributed by atoms with Crippen LogP contribution in [0.4, 0.5) is 0 Å². The number of aliphatic hydroxyl groups excluding tert-OH is 1. The molecule has 3 aliphatic rings. The van der Waals surface area contributed by atoms with Gasteiger partial charge in [-0.25, -0.2) is 0 Å². The van der Waals surface area contributed by atoms with E-state index in [2.05, 4.69) is 0 Å². The third-order valence-electron chi connectivity index (χ3n) is 4.53. The Kier molecular flexibility index (Phi) is 2.67. The van der Waals surface area contributed by atoms with E-state index < -0.39 is 5.60 Å². The number of ether oxygens (including phenoxy) is 2. The Hall–Kier alpha value is -1.36. The van der Waals surface area contributed by atoms with Crippen molar-refractivity contribution in [3.63, 3.8) is 0 Å². The Morgan fingerprint density at radius 2 is 1.85 bits per heavy atom. The van der Waals surface area contributed by atoms with Crippen molar-refractivity contribution in [2.75, 3.05) is 13.2 Å². The fourth-order valence-corrected chi connectivity index (χ4v) is 3.24. The van der Waals surface area contributed by atoms with Gasteiger partial charge in [-0.3, -0.25) is 0 Å². The summed E-state index contributed by atoms with van der Waals surface area (Å²) in [6, 6.07) is 7.93. The molecule has 0 radical (unpaired) electrons. The first kappa shape index (κ1) is 12.4. The third-order valence-corrected chi connectivity index (χ3v) is 4.53. The van der Waals surface area contributed by atoms with Gasteiger partial charge in [0.2, 0.25) is 0 Å². The second-order valence-corrected chi connectivity index (χ2v) is 5.99. The van der Waals surface area contributed by atoms with Crippen LogP contribution in [0.3, 0.4) is 0 Å². The van der Waals surface area contributed by atoms with E-state index in [0.29, 0.717) is 13.0 Å². The van der Waals surface area contributed by atoms with Crippen LogP contribution in [-0.4, -0.2) is 41.2 Å². The molecule has 0 aromatic heterocycles. The molecule has 0 spiro atoms. The number of rotatable bonds is 4. The Bertz CT molecular complexity index is 559. The predicted octanol–water partition coefficient (Wildman–Crippen LogP) is 1.99. The van der Waals surface area contributed by atoms with Gasteiger partial charge in [-0.2, -0.15) is 0 Å². The summed E-state index contributed by atoms with van der Waals surface area (Å²) >= 11 is 0. The Balaban J connectivity index is 1.75. The zero-order valence-electron chi connectivity index (χ0n) is 11.2. The fraction of sp³-hybridized carbons (Fsp3) is 0.500. The first-order chi connectivity index (χ1) is 9.67. The van der Waals surface area contributed by atoms with Gasteiger partial charge in [-0.1, -0.05) is 24.3 Å². The van der Waals surface area contributed by atoms with Crippen LogP contribution in [0.1, 0.15) is 29.9 Å². The monoisotopic (exact) mass is 274 g/mol. The molecule has 2 fully saturated rings. The minimum absolute atomic E-state index is 0.0531. The van der Waals surface area contributed by atoms with Gasteiger partial charge in [-0.05, 0) is 23.6 Å². The van der Waals surface area contributed by atoms with Crippen LogP contribution in [0.15, 0.2) is 30.0 Å². The maximum Gasteiger partial charge on any atom is 0.131 e. The zero-order chi connectivity index (χ0) is 13.7. The second-order valence-electron chi connectivity index (χ2n) is 5.99. The van der Waals surface area contributed by atoms with Crippen LogP contribution in [0, 0.1) is 0 Å². The van der Waals surface area contributed by atoms with Gasteiger partial charge >= 0.3 is 0 Å². The molecular formula is C16H18O4. The van der Waals surface area contributed by atoms with Crippen molar-refractivity contribution in [3.8, 4) is 0 Å². The normalized spacial score (nSPS) is 38.0. The highest BCUT2D eigenvalue weighted by Crippen LogP contribution is 2.48. The Morgan fingerprint density at radius 3 is 2.55 bits per heavy atom. The molecule has 4 atom stereocenters. The molecule has 2 saturated heterocycles. The average Bonchev–Trinajstić information content (AvgIpc) is 3.31. The molecule has 2 heterocycles. The third kappa shape index (κ3) is 2.04. The van der Waals surface area contributed by atoms with Crippen LogP contribution < -0.4 is 0 Å². The van der Waals surface area contributed by atoms with E-state index in [9.17, 15) is 10.2 Å². The van der Waals surface area contributed by atoms with Gasteiger partial charge in [0.05, 0.1) is 25.4 Å². The van der Waals surface area contributed by atoms with Crippen molar-refractivity contribution in [2.45, 2.75) is 36.6 Å². The number of fused-ring (bicyclic) bond motifs is 1. The Labute approximate surface area is 117 Å². The first-order valence-electron chi connectivity index (χ1n) is 7.12. The molecular weight excluding hydrogens is 256 g/mol. The average molecular weight is 274 g/mol. The van der Waals surface area contributed by atoms with Gasteiger partial charge in [0, 0.05) is 12.3 Å². The van der Waals surface area contributed by atoms with E-state index in [1.807, 2.05) is 24.3 Å². The van der Waals surface area contributed by atoms with Crippen molar-refractivity contribution in [1.82, 2.24) is 0 Å². The van der Waals surface area contributed by atoms with Crippen LogP contribution in [0.5, 0.6) is 0 Å². The van der Waals surface area contributed by atoms with E-state index in [1.165, 1.54) is 0 Å². The van der Waals surface area contributed by atoms with Crippen LogP contribution in [-0.2, 0) is 9.47 Å². The van der Waals surface area contributed by atoms with E-state index in [0.717, 1.165) is 24.2 Å². The van der Waals surface area contributed by atoms with Crippen LogP contribution in [0.2, 0.25) is 0 Å². The lowest BCUT2D eigenvalue weighted by Crippen LogP contribution is -2.42. The van der Waals surface area contributed by atoms with Crippen molar-refractivity contribution in [1.29, 1.82) is 0 Å². The van der Waals surface area contributed by atoms with E-state index in [-0.39, 0.29) is 23.9 Å². The summed E-state index contributed by atoms with van der Waals surface area (Å²) in [7, 11) is 0. The van der Waals surface area contributed by atoms with Gasteiger partial charge in [0.1, 0.15) is 11.4 Å². The molecule has 1 aromatic carbocycles. The molecule has 0 bridgehead atoms. The van der Waals surface area contributed by atoms with E-state index in [1.54, 1.807) is 6.08 Å². The molecule has 1 aromatic rings. The van der Waals surface area contributed by atoms with Crippen LogP contribution >= 0.6 is 0 Å². The molecule has 0 amide bonds. The van der Waals surface area contributed by atoms with Gasteiger partial charge in [0.25, 0.3) is 0 Å². The Morgan fingerprint density at radius 1 is 1.15 bits per heavy atom. The molecule has 0 saturated carbocycles. The molecule has 4 rings (SSSR count). The second kappa shape index (κ2) is 4.32. The predicted molar refractivity (Wildman–Crippen MR) is 73.5 cm³/mol. The molecule has 20 heavy (non-hydrogen) atoms. The molecule has 1 aliphatic carbocycles. The summed E-state index contributed by atoms with van der Waals surface area (Å²) in [5, 5.41) is 21.4. The minimum atomic E-state index is -1.23. The van der Waals surface area contributed by atoms with Crippen molar-refractivity contribution < 1.29 is 19.7 Å². The van der Waals surface area contributed by atoms with Gasteiger partial charge in [0.15, 0.2) is 0 Å². The molecule has 2 N–H and O–H groups in total. The molecule has 4 unspecified atom stereocenters. The number of epoxide rings is 2. The summed E-state index contributed by atoms with van der Waals surface area (Å²) in [4.78, 5) is 0. The summed E-state index contributed by atoms with van der Waals surface area (Å²) < 4.78 is 10.6. The summed E-state index contributed by atoms with van der Waals surface area (Å²) in [6.45, 7) is 1.42. The quantitative estimate of drug-likeness (QED) is 0.824. The largest absolute Gasteiger partial charge is 0.509 e. The van der Waals surface area contributed by atoms with Crippen LogP contribution in [0.25, 0.3) is 6.08 Å². The number of benzene rings is 1. The number of hydrogen-bond acceptors (Lipinski definition) is 4. The smallest absolute Gasteiger partial charge is 0.131 e. The summed E-state index contributed by atoms with van der Waals surface area (Å²) in [5.74, 6) is -0.0854. The van der Waals surface area contributed by atoms with Gasteiger partial charge in [-0.15, -0.1) is 0 Å². The highest BCUT2D eigenvalue weighted by atomic mass is 16.6. The lowest BCUT2D eigenvalue weighted by molar-refractivity contribution is -0.00847. The molecule has 4 heteroatoms. The molecule has 106 valence electrons. The maximum absolute atomic E-state index is 11.1. The lowest BCUT2D eigenvalue weighted by atomic mass is 9.70. The first-order valence-corrected chi connectivity index (χ1v) is 7.12. The fourth-order valence-electron chi connectivity index (χ4n) is 3.24. The highest BCUT2D eigenvalue weighted by molar-refractivity contribution is 5.62. The zero-order valence-corrected chi connectivity index (χ0v) is 11.2. The lowest BCUT2D eigenvalue weighted by Gasteiger charge is -2.39. The van der Waals surface area contributed by atoms with Crippen molar-refractivity contribution in [2.24, 2.45) is 0 Å². The topological polar surface area (TPSA) is 65.5 Å². The molecule has 4 nitrogen and oxygen atoms in total. The van der Waals surface area contributed by atoms with E-state index >= 15 is 0 Å². The van der Waals surface area contributed by atoms with E-state index in [4.69, 9.17) is 9.47 Å². The minimum Gasteiger partial charge on any atom is -0.509 e. The summed E-state index contributed by atoms with van der Waals surface area (Å²) in [6.07, 6.45) is 3.12.